The fourth-order valence-corrected chi connectivity index (χ4v) is 3.32. The Morgan fingerprint density at radius 2 is 1.63 bits per heavy atom. The number of para-hydroxylation sites is 2. The van der Waals surface area contributed by atoms with Crippen molar-refractivity contribution in [2.45, 2.75) is 25.0 Å². The number of nitrogens with zero attached hydrogens (tertiary/aromatic N) is 1. The van der Waals surface area contributed by atoms with Gasteiger partial charge in [0.05, 0.1) is 0 Å². The highest BCUT2D eigenvalue weighted by molar-refractivity contribution is 5.86. The largest absolute Gasteiger partial charge is 0.485 e. The van der Waals surface area contributed by atoms with Gasteiger partial charge in [-0.25, -0.2) is 4.79 Å². The first-order chi connectivity index (χ1) is 13.2. The van der Waals surface area contributed by atoms with Gasteiger partial charge in [0.1, 0.15) is 6.61 Å². The minimum absolute atomic E-state index is 0.0509. The van der Waals surface area contributed by atoms with Gasteiger partial charge < -0.3 is 19.1 Å². The molecule has 27 heavy (non-hydrogen) atoms. The number of fused-ring (bicyclic) bond motifs is 1. The summed E-state index contributed by atoms with van der Waals surface area (Å²) in [4.78, 5) is 27.4. The topological polar surface area (TPSA) is 65.1 Å². The fraction of sp³-hybridized carbons (Fsp3) is 0.333. The van der Waals surface area contributed by atoms with E-state index in [2.05, 4.69) is 0 Å². The lowest BCUT2D eigenvalue weighted by Crippen LogP contribution is -2.41. The molecule has 0 radical (unpaired) electrons. The molecular weight excluding hydrogens is 346 g/mol. The second-order valence-corrected chi connectivity index (χ2v) is 6.62. The van der Waals surface area contributed by atoms with Crippen molar-refractivity contribution in [3.8, 4) is 11.5 Å². The lowest BCUT2D eigenvalue weighted by Gasteiger charge is -2.28. The van der Waals surface area contributed by atoms with E-state index < -0.39 is 18.2 Å². The lowest BCUT2D eigenvalue weighted by molar-refractivity contribution is -0.168. The van der Waals surface area contributed by atoms with E-state index in [0.29, 0.717) is 30.2 Å². The van der Waals surface area contributed by atoms with E-state index >= 15 is 0 Å². The van der Waals surface area contributed by atoms with Gasteiger partial charge in [0, 0.05) is 18.7 Å². The Hall–Kier alpha value is -3.02. The van der Waals surface area contributed by atoms with Gasteiger partial charge in [0.15, 0.2) is 11.5 Å². The van der Waals surface area contributed by atoms with Gasteiger partial charge in [-0.1, -0.05) is 42.5 Å². The third-order valence-corrected chi connectivity index (χ3v) is 4.75. The second kappa shape index (κ2) is 7.70. The number of hydrogen-bond acceptors (Lipinski definition) is 5. The Morgan fingerprint density at radius 3 is 2.37 bits per heavy atom. The predicted octanol–water partition coefficient (Wildman–Crippen LogP) is 2.73. The van der Waals surface area contributed by atoms with Crippen molar-refractivity contribution in [1.82, 2.24) is 4.90 Å². The maximum absolute atomic E-state index is 12.9. The number of amides is 1. The Bertz CT molecular complexity index is 816. The van der Waals surface area contributed by atoms with E-state index in [1.54, 1.807) is 35.2 Å². The van der Waals surface area contributed by atoms with Crippen LogP contribution in [0.25, 0.3) is 0 Å². The zero-order valence-corrected chi connectivity index (χ0v) is 14.9. The summed E-state index contributed by atoms with van der Waals surface area (Å²) in [6.45, 7) is 1.43. The number of rotatable bonds is 4. The Labute approximate surface area is 157 Å². The van der Waals surface area contributed by atoms with E-state index in [1.165, 1.54) is 0 Å². The van der Waals surface area contributed by atoms with Crippen LogP contribution < -0.4 is 9.47 Å². The molecule has 6 nitrogen and oxygen atoms in total. The molecule has 0 aliphatic carbocycles. The standard InChI is InChI=1S/C21H21NO5/c23-20(22-12-6-7-13-22)19(15-8-2-1-3-9-15)27-21(24)18-14-25-16-10-4-5-11-17(16)26-18/h1-5,8-11,18-19H,6-7,12-14H2/t18-,19+/m1/s1. The summed E-state index contributed by atoms with van der Waals surface area (Å²) in [7, 11) is 0. The molecule has 6 heteroatoms. The van der Waals surface area contributed by atoms with Gasteiger partial charge >= 0.3 is 5.97 Å². The van der Waals surface area contributed by atoms with Crippen molar-refractivity contribution in [2.24, 2.45) is 0 Å². The van der Waals surface area contributed by atoms with Crippen LogP contribution in [0.3, 0.4) is 0 Å². The Morgan fingerprint density at radius 1 is 0.963 bits per heavy atom. The smallest absolute Gasteiger partial charge is 0.352 e. The van der Waals surface area contributed by atoms with Crippen LogP contribution >= 0.6 is 0 Å². The predicted molar refractivity (Wildman–Crippen MR) is 97.4 cm³/mol. The van der Waals surface area contributed by atoms with Crippen molar-refractivity contribution in [3.05, 3.63) is 60.2 Å². The first kappa shape index (κ1) is 17.4. The molecule has 0 unspecified atom stereocenters. The molecule has 2 heterocycles. The van der Waals surface area contributed by atoms with Crippen molar-refractivity contribution < 1.29 is 23.8 Å². The lowest BCUT2D eigenvalue weighted by atomic mass is 10.1. The average Bonchev–Trinajstić information content (AvgIpc) is 3.26. The normalized spacial score (nSPS) is 19.4. The van der Waals surface area contributed by atoms with Gasteiger partial charge in [0.25, 0.3) is 5.91 Å². The average molecular weight is 367 g/mol. The quantitative estimate of drug-likeness (QED) is 0.778. The molecule has 0 N–H and O–H groups in total. The van der Waals surface area contributed by atoms with Crippen LogP contribution in [0.4, 0.5) is 0 Å². The molecule has 0 bridgehead atoms. The third-order valence-electron chi connectivity index (χ3n) is 4.75. The van der Waals surface area contributed by atoms with E-state index in [4.69, 9.17) is 14.2 Å². The van der Waals surface area contributed by atoms with Crippen LogP contribution in [0.2, 0.25) is 0 Å². The van der Waals surface area contributed by atoms with Gasteiger partial charge in [-0.15, -0.1) is 0 Å². The van der Waals surface area contributed by atoms with Crippen LogP contribution in [0, 0.1) is 0 Å². The maximum Gasteiger partial charge on any atom is 0.352 e. The van der Waals surface area contributed by atoms with E-state index in [9.17, 15) is 9.59 Å². The van der Waals surface area contributed by atoms with Crippen molar-refractivity contribution in [2.75, 3.05) is 19.7 Å². The summed E-state index contributed by atoms with van der Waals surface area (Å²) in [6.07, 6.45) is 0.0600. The number of benzene rings is 2. The zero-order valence-electron chi connectivity index (χ0n) is 14.9. The molecule has 2 aliphatic heterocycles. The van der Waals surface area contributed by atoms with Crippen molar-refractivity contribution in [3.63, 3.8) is 0 Å². The Kier molecular flexibility index (Phi) is 4.96. The molecule has 2 aromatic carbocycles. The molecular formula is C21H21NO5. The van der Waals surface area contributed by atoms with Gasteiger partial charge in [-0.3, -0.25) is 4.79 Å². The summed E-state index contributed by atoms with van der Waals surface area (Å²) in [5.41, 5.74) is 0.653. The van der Waals surface area contributed by atoms with Crippen molar-refractivity contribution in [1.29, 1.82) is 0 Å². The van der Waals surface area contributed by atoms with Gasteiger partial charge in [0.2, 0.25) is 12.2 Å². The number of hydrogen-bond donors (Lipinski definition) is 0. The SMILES string of the molecule is O=C(O[C@H](C(=O)N1CCCC1)c1ccccc1)[C@H]1COc2ccccc2O1. The third kappa shape index (κ3) is 3.74. The van der Waals surface area contributed by atoms with Gasteiger partial charge in [-0.05, 0) is 25.0 Å². The number of likely N-dealkylation sites (tertiary alicyclic amines) is 1. The molecule has 4 rings (SSSR count). The molecule has 0 saturated carbocycles. The summed E-state index contributed by atoms with van der Waals surface area (Å²) >= 11 is 0. The number of ether oxygens (including phenoxy) is 3. The zero-order chi connectivity index (χ0) is 18.6. The molecule has 2 atom stereocenters. The highest BCUT2D eigenvalue weighted by Gasteiger charge is 2.35. The first-order valence-corrected chi connectivity index (χ1v) is 9.15. The van der Waals surface area contributed by atoms with Crippen LogP contribution in [-0.4, -0.2) is 42.6 Å². The summed E-state index contributed by atoms with van der Waals surface area (Å²) in [5, 5.41) is 0. The summed E-state index contributed by atoms with van der Waals surface area (Å²) in [6, 6.07) is 16.2. The molecule has 1 amide bonds. The molecule has 2 aliphatic rings. The van der Waals surface area contributed by atoms with Crippen LogP contribution in [0.5, 0.6) is 11.5 Å². The minimum atomic E-state index is -0.974. The van der Waals surface area contributed by atoms with Gasteiger partial charge in [-0.2, -0.15) is 0 Å². The fourth-order valence-electron chi connectivity index (χ4n) is 3.32. The second-order valence-electron chi connectivity index (χ2n) is 6.62. The maximum atomic E-state index is 12.9. The number of esters is 1. The van der Waals surface area contributed by atoms with Crippen molar-refractivity contribution >= 4 is 11.9 Å². The summed E-state index contributed by atoms with van der Waals surface area (Å²) < 4.78 is 16.9. The molecule has 0 spiro atoms. The van der Waals surface area contributed by atoms with Crippen LogP contribution in [-0.2, 0) is 14.3 Å². The minimum Gasteiger partial charge on any atom is -0.485 e. The summed E-state index contributed by atoms with van der Waals surface area (Å²) in [5.74, 6) is 0.289. The van der Waals surface area contributed by atoms with E-state index in [1.807, 2.05) is 24.3 Å². The van der Waals surface area contributed by atoms with Crippen LogP contribution in [0.1, 0.15) is 24.5 Å². The monoisotopic (exact) mass is 367 g/mol. The number of carbonyl (C=O) groups excluding carboxylic acids is 2. The molecule has 1 saturated heterocycles. The number of carbonyl (C=O) groups is 2. The first-order valence-electron chi connectivity index (χ1n) is 9.15. The highest BCUT2D eigenvalue weighted by Crippen LogP contribution is 2.32. The molecule has 1 fully saturated rings. The highest BCUT2D eigenvalue weighted by atomic mass is 16.6. The molecule has 2 aromatic rings. The molecule has 140 valence electrons. The van der Waals surface area contributed by atoms with E-state index in [-0.39, 0.29) is 12.5 Å². The molecule has 0 aromatic heterocycles. The van der Waals surface area contributed by atoms with E-state index in [0.717, 1.165) is 12.8 Å². The Balaban J connectivity index is 1.51. The van der Waals surface area contributed by atoms with Crippen LogP contribution in [0.15, 0.2) is 54.6 Å².